The van der Waals surface area contributed by atoms with Crippen LogP contribution in [0.5, 0.6) is 0 Å². The van der Waals surface area contributed by atoms with Gasteiger partial charge in [-0.2, -0.15) is 0 Å². The molecule has 0 spiro atoms. The maximum Gasteiger partial charge on any atom is 0.111 e. The fourth-order valence-corrected chi connectivity index (χ4v) is 2.44. The Kier molecular flexibility index (Phi) is 4.61. The molecular weight excluding hydrogens is 260 g/mol. The van der Waals surface area contributed by atoms with Crippen LogP contribution in [0.1, 0.15) is 36.4 Å². The lowest BCUT2D eigenvalue weighted by molar-refractivity contribution is 0.174. The predicted octanol–water partition coefficient (Wildman–Crippen LogP) is 3.53. The molecule has 0 aliphatic rings. The van der Waals surface area contributed by atoms with Crippen molar-refractivity contribution in [2.45, 2.75) is 39.3 Å². The number of nitrogens with zero attached hydrogens (tertiary/aromatic N) is 2. The Labute approximate surface area is 118 Å². The monoisotopic (exact) mass is 278 g/mol. The molecule has 0 aliphatic heterocycles. The zero-order chi connectivity index (χ0) is 13.8. The molecule has 0 radical (unpaired) electrons. The molecule has 0 fully saturated rings. The van der Waals surface area contributed by atoms with Gasteiger partial charge in [-0.25, -0.2) is 4.98 Å². The van der Waals surface area contributed by atoms with Crippen LogP contribution in [-0.2, 0) is 13.0 Å². The molecule has 0 bridgehead atoms. The Hall–Kier alpha value is -1.32. The molecule has 1 unspecified atom stereocenters. The molecule has 0 amide bonds. The zero-order valence-corrected chi connectivity index (χ0v) is 12.1. The van der Waals surface area contributed by atoms with E-state index in [-0.39, 0.29) is 0 Å². The van der Waals surface area contributed by atoms with Crippen LogP contribution in [0.25, 0.3) is 0 Å². The maximum absolute atomic E-state index is 10.4. The second-order valence-corrected chi connectivity index (χ2v) is 5.11. The van der Waals surface area contributed by atoms with Crippen LogP contribution in [-0.4, -0.2) is 14.7 Å². The number of aliphatic hydroxyl groups is 1. The zero-order valence-electron chi connectivity index (χ0n) is 11.3. The van der Waals surface area contributed by atoms with E-state index in [0.717, 1.165) is 29.9 Å². The Morgan fingerprint density at radius 2 is 2.21 bits per heavy atom. The number of aromatic nitrogens is 2. The van der Waals surface area contributed by atoms with Crippen LogP contribution in [0.4, 0.5) is 0 Å². The highest BCUT2D eigenvalue weighted by Gasteiger charge is 2.15. The first kappa shape index (κ1) is 14.1. The molecule has 2 aromatic rings. The van der Waals surface area contributed by atoms with Crippen molar-refractivity contribution in [2.75, 3.05) is 0 Å². The average molecular weight is 279 g/mol. The van der Waals surface area contributed by atoms with Crippen molar-refractivity contribution in [1.82, 2.24) is 9.55 Å². The van der Waals surface area contributed by atoms with Gasteiger partial charge in [-0.05, 0) is 24.5 Å². The second kappa shape index (κ2) is 6.22. The van der Waals surface area contributed by atoms with Crippen molar-refractivity contribution in [3.63, 3.8) is 0 Å². The molecule has 0 saturated carbocycles. The van der Waals surface area contributed by atoms with E-state index >= 15 is 0 Å². The Bertz CT molecular complexity index is 551. The van der Waals surface area contributed by atoms with Crippen LogP contribution in [0.2, 0.25) is 5.02 Å². The smallest absolute Gasteiger partial charge is 0.111 e. The van der Waals surface area contributed by atoms with Gasteiger partial charge < -0.3 is 9.67 Å². The number of halogens is 1. The summed E-state index contributed by atoms with van der Waals surface area (Å²) in [4.78, 5) is 4.31. The summed E-state index contributed by atoms with van der Waals surface area (Å²) in [6.07, 6.45) is 4.63. The van der Waals surface area contributed by atoms with Crippen LogP contribution in [0, 0.1) is 6.92 Å². The Morgan fingerprint density at radius 1 is 1.42 bits per heavy atom. The van der Waals surface area contributed by atoms with E-state index in [4.69, 9.17) is 11.6 Å². The normalized spacial score (nSPS) is 12.6. The Morgan fingerprint density at radius 3 is 2.95 bits per heavy atom. The molecule has 1 N–H and O–H groups in total. The summed E-state index contributed by atoms with van der Waals surface area (Å²) >= 11 is 6.24. The third-order valence-electron chi connectivity index (χ3n) is 3.22. The fraction of sp³-hybridized carbons (Fsp3) is 0.400. The van der Waals surface area contributed by atoms with Crippen molar-refractivity contribution < 1.29 is 5.11 Å². The predicted molar refractivity (Wildman–Crippen MR) is 77.4 cm³/mol. The lowest BCUT2D eigenvalue weighted by atomic mass is 10.0. The number of hydrogen-bond acceptors (Lipinski definition) is 2. The molecule has 102 valence electrons. The molecule has 1 atom stereocenters. The first-order valence-corrected chi connectivity index (χ1v) is 6.94. The number of rotatable bonds is 5. The highest BCUT2D eigenvalue weighted by atomic mass is 35.5. The average Bonchev–Trinajstić information content (AvgIpc) is 2.80. The van der Waals surface area contributed by atoms with Crippen molar-refractivity contribution in [3.05, 3.63) is 52.6 Å². The van der Waals surface area contributed by atoms with E-state index < -0.39 is 6.10 Å². The van der Waals surface area contributed by atoms with Gasteiger partial charge >= 0.3 is 0 Å². The molecule has 1 aromatic carbocycles. The molecule has 0 saturated heterocycles. The van der Waals surface area contributed by atoms with E-state index in [1.165, 1.54) is 0 Å². The fourth-order valence-electron chi connectivity index (χ4n) is 2.18. The topological polar surface area (TPSA) is 38.0 Å². The van der Waals surface area contributed by atoms with Crippen LogP contribution in [0.15, 0.2) is 30.6 Å². The summed E-state index contributed by atoms with van der Waals surface area (Å²) in [5.74, 6) is 0.895. The highest BCUT2D eigenvalue weighted by molar-refractivity contribution is 6.32. The summed E-state index contributed by atoms with van der Waals surface area (Å²) in [5, 5.41) is 11.0. The summed E-state index contributed by atoms with van der Waals surface area (Å²) < 4.78 is 2.08. The lowest BCUT2D eigenvalue weighted by Gasteiger charge is -2.14. The second-order valence-electron chi connectivity index (χ2n) is 4.73. The summed E-state index contributed by atoms with van der Waals surface area (Å²) in [6, 6.07) is 5.72. The molecule has 19 heavy (non-hydrogen) atoms. The third kappa shape index (κ3) is 3.17. The van der Waals surface area contributed by atoms with Gasteiger partial charge in [0.05, 0.1) is 6.10 Å². The van der Waals surface area contributed by atoms with Gasteiger partial charge in [-0.3, -0.25) is 0 Å². The van der Waals surface area contributed by atoms with Gasteiger partial charge in [-0.1, -0.05) is 36.7 Å². The minimum Gasteiger partial charge on any atom is -0.388 e. The Balaban J connectivity index is 2.18. The minimum absolute atomic E-state index is 0.482. The number of aliphatic hydroxyl groups excluding tert-OH is 1. The summed E-state index contributed by atoms with van der Waals surface area (Å²) in [7, 11) is 0. The molecule has 3 nitrogen and oxygen atoms in total. The van der Waals surface area contributed by atoms with Gasteiger partial charge in [0.25, 0.3) is 0 Å². The minimum atomic E-state index is -0.620. The molecule has 1 aromatic heterocycles. The van der Waals surface area contributed by atoms with Gasteiger partial charge in [0.15, 0.2) is 0 Å². The van der Waals surface area contributed by atoms with E-state index in [1.54, 1.807) is 6.20 Å². The molecular formula is C15H19ClN2O. The molecule has 1 heterocycles. The van der Waals surface area contributed by atoms with Crippen LogP contribution < -0.4 is 0 Å². The number of benzene rings is 1. The standard InChI is InChI=1S/C15H19ClN2O/c1-3-8-18-9-7-17-14(18)10-13(19)12-6-4-5-11(2)15(12)16/h4-7,9,13,19H,3,8,10H2,1-2H3. The first-order chi connectivity index (χ1) is 9.13. The summed E-state index contributed by atoms with van der Waals surface area (Å²) in [5.41, 5.74) is 1.75. The van der Waals surface area contributed by atoms with Gasteiger partial charge in [0, 0.05) is 30.4 Å². The van der Waals surface area contributed by atoms with Crippen LogP contribution in [0.3, 0.4) is 0 Å². The van der Waals surface area contributed by atoms with Crippen molar-refractivity contribution >= 4 is 11.6 Å². The largest absolute Gasteiger partial charge is 0.388 e. The first-order valence-electron chi connectivity index (χ1n) is 6.56. The number of hydrogen-bond donors (Lipinski definition) is 1. The van der Waals surface area contributed by atoms with E-state index in [2.05, 4.69) is 16.5 Å². The van der Waals surface area contributed by atoms with E-state index in [9.17, 15) is 5.11 Å². The van der Waals surface area contributed by atoms with Gasteiger partial charge in [-0.15, -0.1) is 0 Å². The molecule has 0 aliphatic carbocycles. The van der Waals surface area contributed by atoms with Crippen LogP contribution >= 0.6 is 11.6 Å². The van der Waals surface area contributed by atoms with E-state index in [0.29, 0.717) is 11.4 Å². The lowest BCUT2D eigenvalue weighted by Crippen LogP contribution is -2.09. The number of imidazole rings is 1. The van der Waals surface area contributed by atoms with E-state index in [1.807, 2.05) is 31.3 Å². The summed E-state index contributed by atoms with van der Waals surface area (Å²) in [6.45, 7) is 4.98. The quantitative estimate of drug-likeness (QED) is 0.909. The third-order valence-corrected chi connectivity index (χ3v) is 3.74. The van der Waals surface area contributed by atoms with Crippen molar-refractivity contribution in [1.29, 1.82) is 0 Å². The van der Waals surface area contributed by atoms with Crippen molar-refractivity contribution in [3.8, 4) is 0 Å². The highest BCUT2D eigenvalue weighted by Crippen LogP contribution is 2.27. The van der Waals surface area contributed by atoms with Gasteiger partial charge in [0.2, 0.25) is 0 Å². The molecule has 2 rings (SSSR count). The SMILES string of the molecule is CCCn1ccnc1CC(O)c1cccc(C)c1Cl. The maximum atomic E-state index is 10.4. The van der Waals surface area contributed by atoms with Crippen molar-refractivity contribution in [2.24, 2.45) is 0 Å². The molecule has 4 heteroatoms. The number of aryl methyl sites for hydroxylation is 2. The van der Waals surface area contributed by atoms with Gasteiger partial charge in [0.1, 0.15) is 5.82 Å².